The number of rotatable bonds is 6. The van der Waals surface area contributed by atoms with Crippen molar-refractivity contribution >= 4 is 58.5 Å². The molecule has 3 aromatic carbocycles. The van der Waals surface area contributed by atoms with Gasteiger partial charge in [0.25, 0.3) is 5.91 Å². The fourth-order valence-corrected chi connectivity index (χ4v) is 3.95. The number of carboxylic acid groups (broad SMARTS) is 1. The molecule has 0 saturated carbocycles. The van der Waals surface area contributed by atoms with Gasteiger partial charge in [-0.15, -0.1) is 0 Å². The van der Waals surface area contributed by atoms with Crippen LogP contribution in [0, 0.1) is 11.6 Å². The second kappa shape index (κ2) is 10.6. The number of esters is 1. The second-order valence-corrected chi connectivity index (χ2v) is 8.69. The van der Waals surface area contributed by atoms with Gasteiger partial charge in [-0.05, 0) is 61.0 Å². The SMILES string of the molecule is COc1cc(/C=C2/C(=O)N(c3ccc(Cl)c(C(=O)O)c3)N=C2C)ccc1OC(=O)c1cc(F)c(F)cc1Cl. The first kappa shape index (κ1) is 26.8. The van der Waals surface area contributed by atoms with Crippen molar-refractivity contribution in [2.45, 2.75) is 6.92 Å². The highest BCUT2D eigenvalue weighted by molar-refractivity contribution is 6.35. The number of hydrazone groups is 1. The van der Waals surface area contributed by atoms with Crippen LogP contribution in [0.5, 0.6) is 11.5 Å². The quantitative estimate of drug-likeness (QED) is 0.171. The third kappa shape index (κ3) is 5.22. The lowest BCUT2D eigenvalue weighted by atomic mass is 10.1. The Balaban J connectivity index is 1.60. The number of anilines is 1. The smallest absolute Gasteiger partial charge is 0.345 e. The van der Waals surface area contributed by atoms with Crippen LogP contribution in [0.1, 0.15) is 33.2 Å². The topological polar surface area (TPSA) is 106 Å². The molecule has 0 bridgehead atoms. The van der Waals surface area contributed by atoms with Crippen molar-refractivity contribution in [3.63, 3.8) is 0 Å². The summed E-state index contributed by atoms with van der Waals surface area (Å²) in [4.78, 5) is 37.0. The molecule has 0 spiro atoms. The maximum atomic E-state index is 13.6. The van der Waals surface area contributed by atoms with E-state index in [1.54, 1.807) is 6.92 Å². The molecule has 0 aromatic heterocycles. The Morgan fingerprint density at radius 3 is 2.37 bits per heavy atom. The van der Waals surface area contributed by atoms with Crippen molar-refractivity contribution in [1.29, 1.82) is 0 Å². The first-order valence-corrected chi connectivity index (χ1v) is 11.4. The summed E-state index contributed by atoms with van der Waals surface area (Å²) in [5.41, 5.74) is 0.726. The molecule has 0 radical (unpaired) electrons. The van der Waals surface area contributed by atoms with E-state index in [1.807, 2.05) is 0 Å². The minimum Gasteiger partial charge on any atom is -0.493 e. The molecule has 1 heterocycles. The largest absolute Gasteiger partial charge is 0.493 e. The van der Waals surface area contributed by atoms with Crippen LogP contribution in [0.25, 0.3) is 6.08 Å². The summed E-state index contributed by atoms with van der Waals surface area (Å²) in [5, 5.41) is 14.3. The Hall–Kier alpha value is -4.28. The minimum absolute atomic E-state index is 0.0177. The van der Waals surface area contributed by atoms with Crippen molar-refractivity contribution in [3.8, 4) is 11.5 Å². The number of methoxy groups -OCH3 is 1. The van der Waals surface area contributed by atoms with Crippen LogP contribution in [0.4, 0.5) is 14.5 Å². The Bertz CT molecular complexity index is 1570. The summed E-state index contributed by atoms with van der Waals surface area (Å²) >= 11 is 11.8. The summed E-state index contributed by atoms with van der Waals surface area (Å²) in [6.45, 7) is 1.61. The van der Waals surface area contributed by atoms with Gasteiger partial charge >= 0.3 is 11.9 Å². The molecule has 1 amide bonds. The van der Waals surface area contributed by atoms with Crippen LogP contribution >= 0.6 is 23.2 Å². The summed E-state index contributed by atoms with van der Waals surface area (Å²) in [7, 11) is 1.32. The van der Waals surface area contributed by atoms with Gasteiger partial charge in [0.05, 0.1) is 45.3 Å². The number of nitrogens with zero attached hydrogens (tertiary/aromatic N) is 2. The maximum Gasteiger partial charge on any atom is 0.345 e. The molecule has 12 heteroatoms. The zero-order valence-electron chi connectivity index (χ0n) is 19.6. The van der Waals surface area contributed by atoms with E-state index in [-0.39, 0.29) is 43.9 Å². The van der Waals surface area contributed by atoms with E-state index < -0.39 is 29.5 Å². The highest BCUT2D eigenvalue weighted by atomic mass is 35.5. The summed E-state index contributed by atoms with van der Waals surface area (Å²) < 4.78 is 37.4. The van der Waals surface area contributed by atoms with Gasteiger partial charge < -0.3 is 14.6 Å². The van der Waals surface area contributed by atoms with Crippen molar-refractivity contribution < 1.29 is 37.7 Å². The predicted octanol–water partition coefficient (Wildman–Crippen LogP) is 6.00. The van der Waals surface area contributed by atoms with Crippen molar-refractivity contribution in [3.05, 3.63) is 92.5 Å². The summed E-state index contributed by atoms with van der Waals surface area (Å²) in [5.74, 6) is -5.20. The molecule has 1 aliphatic heterocycles. The number of aromatic carboxylic acids is 1. The van der Waals surface area contributed by atoms with Gasteiger partial charge in [0, 0.05) is 0 Å². The molecule has 0 aliphatic carbocycles. The average Bonchev–Trinajstić information content (AvgIpc) is 3.15. The van der Waals surface area contributed by atoms with Gasteiger partial charge in [-0.25, -0.2) is 18.4 Å². The van der Waals surface area contributed by atoms with Gasteiger partial charge in [0.2, 0.25) is 0 Å². The number of benzene rings is 3. The molecule has 38 heavy (non-hydrogen) atoms. The second-order valence-electron chi connectivity index (χ2n) is 7.88. The van der Waals surface area contributed by atoms with E-state index in [0.29, 0.717) is 23.4 Å². The molecule has 8 nitrogen and oxygen atoms in total. The van der Waals surface area contributed by atoms with Gasteiger partial charge in [-0.2, -0.15) is 10.1 Å². The number of carbonyl (C=O) groups excluding carboxylic acids is 2. The van der Waals surface area contributed by atoms with Crippen LogP contribution < -0.4 is 14.5 Å². The number of halogens is 4. The number of hydrogen-bond acceptors (Lipinski definition) is 6. The third-order valence-corrected chi connectivity index (χ3v) is 6.06. The monoisotopic (exact) mass is 560 g/mol. The number of amides is 1. The van der Waals surface area contributed by atoms with E-state index in [1.165, 1.54) is 49.6 Å². The Morgan fingerprint density at radius 2 is 1.68 bits per heavy atom. The van der Waals surface area contributed by atoms with Crippen LogP contribution in [-0.2, 0) is 4.79 Å². The van der Waals surface area contributed by atoms with E-state index in [9.17, 15) is 28.3 Å². The molecule has 194 valence electrons. The lowest BCUT2D eigenvalue weighted by Gasteiger charge is -2.13. The number of hydrogen-bond donors (Lipinski definition) is 1. The number of carboxylic acids is 1. The molecule has 0 fully saturated rings. The first-order valence-electron chi connectivity index (χ1n) is 10.7. The van der Waals surface area contributed by atoms with Gasteiger partial charge in [-0.3, -0.25) is 4.79 Å². The summed E-state index contributed by atoms with van der Waals surface area (Å²) in [6, 6.07) is 9.77. The highest BCUT2D eigenvalue weighted by Gasteiger charge is 2.30. The predicted molar refractivity (Wildman–Crippen MR) is 136 cm³/mol. The Morgan fingerprint density at radius 1 is 0.974 bits per heavy atom. The molecular formula is C26H16Cl2F2N2O6. The molecular weight excluding hydrogens is 545 g/mol. The molecule has 0 atom stereocenters. The van der Waals surface area contributed by atoms with E-state index in [2.05, 4.69) is 5.10 Å². The lowest BCUT2D eigenvalue weighted by molar-refractivity contribution is -0.114. The highest BCUT2D eigenvalue weighted by Crippen LogP contribution is 2.33. The van der Waals surface area contributed by atoms with Crippen LogP contribution in [-0.4, -0.2) is 35.8 Å². The average molecular weight is 561 g/mol. The van der Waals surface area contributed by atoms with Crippen molar-refractivity contribution in [1.82, 2.24) is 0 Å². The molecule has 3 aromatic rings. The van der Waals surface area contributed by atoms with Gasteiger partial charge in [-0.1, -0.05) is 29.3 Å². The van der Waals surface area contributed by atoms with E-state index >= 15 is 0 Å². The van der Waals surface area contributed by atoms with Crippen LogP contribution in [0.3, 0.4) is 0 Å². The fraction of sp³-hybridized carbons (Fsp3) is 0.0769. The molecule has 0 unspecified atom stereocenters. The molecule has 1 aliphatic rings. The minimum atomic E-state index is -1.26. The molecule has 0 saturated heterocycles. The first-order chi connectivity index (χ1) is 18.0. The van der Waals surface area contributed by atoms with Crippen molar-refractivity contribution in [2.75, 3.05) is 12.1 Å². The Kier molecular flexibility index (Phi) is 7.47. The normalized spacial score (nSPS) is 14.1. The van der Waals surface area contributed by atoms with E-state index in [4.69, 9.17) is 32.7 Å². The summed E-state index contributed by atoms with van der Waals surface area (Å²) in [6.07, 6.45) is 1.52. The van der Waals surface area contributed by atoms with Gasteiger partial charge in [0.1, 0.15) is 0 Å². The maximum absolute atomic E-state index is 13.6. The fourth-order valence-electron chi connectivity index (χ4n) is 3.53. The molecule has 4 rings (SSSR count). The Labute approximate surface area is 224 Å². The lowest BCUT2D eigenvalue weighted by Crippen LogP contribution is -2.21. The molecule has 1 N–H and O–H groups in total. The van der Waals surface area contributed by atoms with Crippen LogP contribution in [0.2, 0.25) is 10.0 Å². The third-order valence-electron chi connectivity index (χ3n) is 5.42. The number of carbonyl (C=O) groups is 3. The van der Waals surface area contributed by atoms with E-state index in [0.717, 1.165) is 5.01 Å². The standard InChI is InChI=1S/C26H16Cl2F2N2O6/c1-12-15(24(33)32(31-12)14-4-5-18(27)16(9-14)25(34)35)7-13-3-6-22(23(8-13)37-2)38-26(36)17-10-20(29)21(30)11-19(17)28/h3-11H,1-2H3,(H,34,35)/b15-7+. The zero-order valence-corrected chi connectivity index (χ0v) is 21.1. The van der Waals surface area contributed by atoms with Crippen LogP contribution in [0.15, 0.2) is 59.2 Å². The van der Waals surface area contributed by atoms with Gasteiger partial charge in [0.15, 0.2) is 23.1 Å². The zero-order chi connectivity index (χ0) is 27.7. The number of ether oxygens (including phenoxy) is 2. The van der Waals surface area contributed by atoms with Crippen molar-refractivity contribution in [2.24, 2.45) is 5.10 Å².